The predicted octanol–water partition coefficient (Wildman–Crippen LogP) is 5.38. The first-order chi connectivity index (χ1) is 14.5. The van der Waals surface area contributed by atoms with E-state index in [4.69, 9.17) is 15.3 Å². The molecule has 4 nitrogen and oxygen atoms in total. The van der Waals surface area contributed by atoms with Crippen LogP contribution in [0.3, 0.4) is 0 Å². The molecule has 4 aromatic carbocycles. The lowest BCUT2D eigenvalue weighted by Gasteiger charge is -2.04. The molecule has 30 heavy (non-hydrogen) atoms. The fraction of sp³-hybridized carbons (Fsp3) is 0.0769. The van der Waals surface area contributed by atoms with Gasteiger partial charge in [0.05, 0.1) is 0 Å². The summed E-state index contributed by atoms with van der Waals surface area (Å²) in [4.78, 5) is 0. The molecule has 4 aromatic rings. The summed E-state index contributed by atoms with van der Waals surface area (Å²) >= 11 is 0. The van der Waals surface area contributed by atoms with Gasteiger partial charge < -0.3 is 20.4 Å². The van der Waals surface area contributed by atoms with Gasteiger partial charge in [-0.15, -0.1) is 0 Å². The van der Waals surface area contributed by atoms with Crippen LogP contribution in [0.2, 0.25) is 0 Å². The van der Waals surface area contributed by atoms with Crippen LogP contribution in [0.1, 0.15) is 22.3 Å². The molecule has 4 N–H and O–H groups in total. The van der Waals surface area contributed by atoms with Crippen molar-refractivity contribution in [2.24, 2.45) is 0 Å². The molecule has 152 valence electrons. The molecule has 0 heterocycles. The summed E-state index contributed by atoms with van der Waals surface area (Å²) in [5.74, 6) is 1.13. The fourth-order valence-electron chi connectivity index (χ4n) is 2.96. The molecule has 0 aliphatic heterocycles. The number of rotatable bonds is 4. The maximum atomic E-state index is 9.58. The zero-order valence-corrected chi connectivity index (χ0v) is 16.4. The smallest absolute Gasteiger partial charge is 0.119 e. The molecule has 0 spiro atoms. The largest absolute Gasteiger partial charge is 0.508 e. The Morgan fingerprint density at radius 1 is 0.400 bits per heavy atom. The summed E-state index contributed by atoms with van der Waals surface area (Å²) in [7, 11) is 0. The van der Waals surface area contributed by atoms with Crippen molar-refractivity contribution in [3.63, 3.8) is 0 Å². The third-order valence-electron chi connectivity index (χ3n) is 4.60. The fourth-order valence-corrected chi connectivity index (χ4v) is 2.96. The topological polar surface area (TPSA) is 80.9 Å². The van der Waals surface area contributed by atoms with Gasteiger partial charge in [0, 0.05) is 6.42 Å². The van der Waals surface area contributed by atoms with E-state index in [1.807, 2.05) is 48.5 Å². The summed E-state index contributed by atoms with van der Waals surface area (Å²) < 4.78 is 0. The maximum absolute atomic E-state index is 9.58. The predicted molar refractivity (Wildman–Crippen MR) is 118 cm³/mol. The van der Waals surface area contributed by atoms with Crippen LogP contribution in [0.5, 0.6) is 23.0 Å². The van der Waals surface area contributed by atoms with Crippen molar-refractivity contribution >= 4 is 0 Å². The minimum atomic E-state index is 0.260. The zero-order valence-electron chi connectivity index (χ0n) is 16.4. The van der Waals surface area contributed by atoms with Gasteiger partial charge in [0.1, 0.15) is 23.0 Å². The number of hydrogen-bond donors (Lipinski definition) is 4. The average Bonchev–Trinajstić information content (AvgIpc) is 2.75. The highest BCUT2D eigenvalue weighted by Crippen LogP contribution is 2.20. The van der Waals surface area contributed by atoms with Crippen LogP contribution in [0.15, 0.2) is 97.1 Å². The van der Waals surface area contributed by atoms with Crippen LogP contribution in [0, 0.1) is 0 Å². The van der Waals surface area contributed by atoms with Gasteiger partial charge >= 0.3 is 0 Å². The number of hydrogen-bond acceptors (Lipinski definition) is 4. The summed E-state index contributed by atoms with van der Waals surface area (Å²) in [6, 6.07) is 28.5. The van der Waals surface area contributed by atoms with Crippen LogP contribution in [-0.4, -0.2) is 20.4 Å². The number of para-hydroxylation sites is 1. The zero-order chi connectivity index (χ0) is 21.3. The van der Waals surface area contributed by atoms with Crippen LogP contribution in [0.4, 0.5) is 0 Å². The molecule has 4 rings (SSSR count). The third-order valence-corrected chi connectivity index (χ3v) is 4.60. The molecule has 4 heteroatoms. The van der Waals surface area contributed by atoms with Crippen molar-refractivity contribution in [1.29, 1.82) is 0 Å². The Labute approximate surface area is 176 Å². The standard InChI is InChI=1S/2C13H12O2/c14-12-5-1-10(2-6-12)9-11-3-7-13(15)8-4-11;14-12-7-5-10(6-8-12)9-11-3-1-2-4-13(11)15/h2*1-8,14-15H,9H2. The lowest BCUT2D eigenvalue weighted by Crippen LogP contribution is -1.87. The van der Waals surface area contributed by atoms with Crippen LogP contribution >= 0.6 is 0 Å². The second kappa shape index (κ2) is 10.0. The van der Waals surface area contributed by atoms with Crippen molar-refractivity contribution in [1.82, 2.24) is 0 Å². The van der Waals surface area contributed by atoms with Gasteiger partial charge in [-0.1, -0.05) is 54.6 Å². The van der Waals surface area contributed by atoms with Gasteiger partial charge in [0.15, 0.2) is 0 Å². The Morgan fingerprint density at radius 2 is 0.767 bits per heavy atom. The van der Waals surface area contributed by atoms with Crippen molar-refractivity contribution in [3.8, 4) is 23.0 Å². The highest BCUT2D eigenvalue weighted by Gasteiger charge is 2.01. The second-order valence-corrected chi connectivity index (χ2v) is 6.98. The van der Waals surface area contributed by atoms with Crippen LogP contribution < -0.4 is 0 Å². The van der Waals surface area contributed by atoms with Crippen LogP contribution in [-0.2, 0) is 12.8 Å². The SMILES string of the molecule is Oc1ccc(Cc2ccc(O)cc2)cc1.Oc1ccc(Cc2ccccc2O)cc1. The Bertz CT molecular complexity index is 1010. The van der Waals surface area contributed by atoms with Gasteiger partial charge in [-0.3, -0.25) is 0 Å². The van der Waals surface area contributed by atoms with Crippen molar-refractivity contribution in [3.05, 3.63) is 119 Å². The van der Waals surface area contributed by atoms with Gasteiger partial charge in [0.25, 0.3) is 0 Å². The molecule has 0 fully saturated rings. The van der Waals surface area contributed by atoms with E-state index >= 15 is 0 Å². The molecular weight excluding hydrogens is 376 g/mol. The molecule has 0 radical (unpaired) electrons. The lowest BCUT2D eigenvalue weighted by atomic mass is 10.0. The maximum Gasteiger partial charge on any atom is 0.119 e. The van der Waals surface area contributed by atoms with E-state index in [0.29, 0.717) is 12.2 Å². The highest BCUT2D eigenvalue weighted by molar-refractivity contribution is 5.37. The van der Waals surface area contributed by atoms with Gasteiger partial charge in [-0.2, -0.15) is 0 Å². The Morgan fingerprint density at radius 3 is 1.17 bits per heavy atom. The first kappa shape index (κ1) is 20.8. The first-order valence-electron chi connectivity index (χ1n) is 9.60. The Balaban J connectivity index is 0.000000171. The molecule has 0 saturated carbocycles. The first-order valence-corrected chi connectivity index (χ1v) is 9.60. The quantitative estimate of drug-likeness (QED) is 0.371. The molecule has 0 bridgehead atoms. The molecule has 0 amide bonds. The number of aromatic hydroxyl groups is 4. The van der Waals surface area contributed by atoms with E-state index in [1.165, 1.54) is 0 Å². The molecule has 0 atom stereocenters. The number of phenols is 4. The van der Waals surface area contributed by atoms with Crippen molar-refractivity contribution in [2.75, 3.05) is 0 Å². The number of benzene rings is 4. The van der Waals surface area contributed by atoms with E-state index in [-0.39, 0.29) is 17.2 Å². The van der Waals surface area contributed by atoms with Crippen molar-refractivity contribution in [2.45, 2.75) is 12.8 Å². The van der Waals surface area contributed by atoms with Crippen LogP contribution in [0.25, 0.3) is 0 Å². The minimum absolute atomic E-state index is 0.260. The normalized spacial score (nSPS) is 10.1. The number of phenolic OH excluding ortho intramolecular Hbond substituents is 4. The molecule has 0 aliphatic carbocycles. The Kier molecular flexibility index (Phi) is 6.95. The summed E-state index contributed by atoms with van der Waals surface area (Å²) in [5.41, 5.74) is 4.23. The summed E-state index contributed by atoms with van der Waals surface area (Å²) in [5, 5.41) is 37.0. The average molecular weight is 400 g/mol. The molecular formula is C26H24O4. The lowest BCUT2D eigenvalue weighted by molar-refractivity contribution is 0.469. The second-order valence-electron chi connectivity index (χ2n) is 6.98. The molecule has 0 saturated heterocycles. The van der Waals surface area contributed by atoms with E-state index < -0.39 is 0 Å². The summed E-state index contributed by atoms with van der Waals surface area (Å²) in [6.45, 7) is 0. The van der Waals surface area contributed by atoms with Gasteiger partial charge in [-0.25, -0.2) is 0 Å². The van der Waals surface area contributed by atoms with Crippen molar-refractivity contribution < 1.29 is 20.4 Å². The van der Waals surface area contributed by atoms with Gasteiger partial charge in [0.2, 0.25) is 0 Å². The van der Waals surface area contributed by atoms with E-state index in [1.54, 1.807) is 48.5 Å². The van der Waals surface area contributed by atoms with E-state index in [0.717, 1.165) is 28.7 Å². The Hall–Kier alpha value is -3.92. The molecule has 0 aliphatic rings. The minimum Gasteiger partial charge on any atom is -0.508 e. The van der Waals surface area contributed by atoms with E-state index in [2.05, 4.69) is 0 Å². The molecule has 0 aromatic heterocycles. The third kappa shape index (κ3) is 6.31. The summed E-state index contributed by atoms with van der Waals surface area (Å²) in [6.07, 6.45) is 1.48. The highest BCUT2D eigenvalue weighted by atomic mass is 16.3. The molecule has 0 unspecified atom stereocenters. The van der Waals surface area contributed by atoms with Gasteiger partial charge in [-0.05, 0) is 71.1 Å². The van der Waals surface area contributed by atoms with E-state index in [9.17, 15) is 5.11 Å². The monoisotopic (exact) mass is 400 g/mol.